The van der Waals surface area contributed by atoms with Crippen molar-refractivity contribution in [3.05, 3.63) is 69.4 Å². The first-order chi connectivity index (χ1) is 12.6. The summed E-state index contributed by atoms with van der Waals surface area (Å²) in [5, 5.41) is 0. The van der Waals surface area contributed by atoms with Gasteiger partial charge in [-0.15, -0.1) is 0 Å². The van der Waals surface area contributed by atoms with Gasteiger partial charge in [0.25, 0.3) is 0 Å². The second-order valence-electron chi connectivity index (χ2n) is 8.84. The van der Waals surface area contributed by atoms with Gasteiger partial charge in [0.05, 0.1) is 8.07 Å². The standard InChI is InChI=1S/C24H34BrFSi/c1-16(2)27(17(3)4,18(5)6)19(7)21-10-8-20(9-11-21)14-22-15-23(25)12-13-24(22)26/h8-13,15-19H,14H2,1-7H3. The molecule has 0 amide bonds. The fourth-order valence-corrected chi connectivity index (χ4v) is 13.8. The average molecular weight is 450 g/mol. The van der Waals surface area contributed by atoms with Crippen molar-refractivity contribution in [3.63, 3.8) is 0 Å². The Morgan fingerprint density at radius 2 is 1.33 bits per heavy atom. The number of hydrogen-bond acceptors (Lipinski definition) is 0. The average Bonchev–Trinajstić information content (AvgIpc) is 2.58. The Morgan fingerprint density at radius 3 is 1.81 bits per heavy atom. The second-order valence-corrected chi connectivity index (χ2v) is 16.1. The highest BCUT2D eigenvalue weighted by Crippen LogP contribution is 2.50. The van der Waals surface area contributed by atoms with Crippen LogP contribution in [0.3, 0.4) is 0 Å². The lowest BCUT2D eigenvalue weighted by molar-refractivity contribution is 0.613. The summed E-state index contributed by atoms with van der Waals surface area (Å²) < 4.78 is 15.0. The predicted octanol–water partition coefficient (Wildman–Crippen LogP) is 8.50. The van der Waals surface area contributed by atoms with Crippen LogP contribution in [0.5, 0.6) is 0 Å². The third-order valence-corrected chi connectivity index (χ3v) is 15.0. The van der Waals surface area contributed by atoms with E-state index >= 15 is 0 Å². The third-order valence-electron chi connectivity index (χ3n) is 6.63. The summed E-state index contributed by atoms with van der Waals surface area (Å²) in [5.41, 5.74) is 6.16. The summed E-state index contributed by atoms with van der Waals surface area (Å²) in [4.78, 5) is 0. The molecule has 0 bridgehead atoms. The van der Waals surface area contributed by atoms with Gasteiger partial charge in [-0.3, -0.25) is 0 Å². The number of halogens is 2. The minimum absolute atomic E-state index is 0.138. The zero-order valence-corrected chi connectivity index (χ0v) is 20.4. The Morgan fingerprint density at radius 1 is 0.815 bits per heavy atom. The van der Waals surface area contributed by atoms with E-state index in [2.05, 4.69) is 88.7 Å². The molecule has 2 aromatic rings. The normalized spacial score (nSPS) is 13.6. The van der Waals surface area contributed by atoms with Crippen molar-refractivity contribution < 1.29 is 4.39 Å². The molecule has 3 heteroatoms. The summed E-state index contributed by atoms with van der Waals surface area (Å²) in [7, 11) is -1.55. The highest BCUT2D eigenvalue weighted by Gasteiger charge is 2.47. The summed E-state index contributed by atoms with van der Waals surface area (Å²) in [5.74, 6) is -0.138. The molecule has 0 nitrogen and oxygen atoms in total. The second kappa shape index (κ2) is 9.04. The maximum absolute atomic E-state index is 14.1. The molecule has 0 fully saturated rings. The molecule has 0 saturated heterocycles. The maximum Gasteiger partial charge on any atom is 0.126 e. The van der Waals surface area contributed by atoms with Gasteiger partial charge in [-0.2, -0.15) is 0 Å². The van der Waals surface area contributed by atoms with Crippen molar-refractivity contribution >= 4 is 24.0 Å². The van der Waals surface area contributed by atoms with E-state index in [0.717, 1.165) is 32.2 Å². The smallest absolute Gasteiger partial charge is 0.126 e. The summed E-state index contributed by atoms with van der Waals surface area (Å²) in [6, 6.07) is 14.1. The van der Waals surface area contributed by atoms with Crippen LogP contribution in [-0.2, 0) is 6.42 Å². The first-order valence-electron chi connectivity index (χ1n) is 10.1. The zero-order valence-electron chi connectivity index (χ0n) is 17.8. The van der Waals surface area contributed by atoms with Crippen LogP contribution in [0.15, 0.2) is 46.9 Å². The van der Waals surface area contributed by atoms with Crippen LogP contribution in [0.25, 0.3) is 0 Å². The molecule has 0 aliphatic carbocycles. The van der Waals surface area contributed by atoms with Crippen LogP contribution in [0.1, 0.15) is 70.7 Å². The van der Waals surface area contributed by atoms with Gasteiger partial charge in [0.15, 0.2) is 0 Å². The molecule has 0 radical (unpaired) electrons. The molecule has 0 heterocycles. The van der Waals surface area contributed by atoms with Crippen LogP contribution in [0, 0.1) is 5.82 Å². The van der Waals surface area contributed by atoms with Crippen molar-refractivity contribution in [2.75, 3.05) is 0 Å². The summed E-state index contributed by atoms with van der Waals surface area (Å²) in [6.45, 7) is 17.0. The molecule has 0 saturated carbocycles. The Hall–Kier alpha value is -0.933. The molecule has 1 unspecified atom stereocenters. The number of benzene rings is 2. The van der Waals surface area contributed by atoms with Gasteiger partial charge >= 0.3 is 0 Å². The number of hydrogen-bond donors (Lipinski definition) is 0. The molecule has 0 spiro atoms. The molecule has 0 aromatic heterocycles. The molecule has 2 aromatic carbocycles. The van der Waals surface area contributed by atoms with Crippen molar-refractivity contribution in [1.82, 2.24) is 0 Å². The van der Waals surface area contributed by atoms with Gasteiger partial charge in [-0.25, -0.2) is 4.39 Å². The molecule has 0 aliphatic rings. The number of rotatable bonds is 7. The minimum Gasteiger partial charge on any atom is -0.207 e. The fourth-order valence-electron chi connectivity index (χ4n) is 5.61. The molecular formula is C24H34BrFSi. The van der Waals surface area contributed by atoms with Crippen molar-refractivity contribution in [2.24, 2.45) is 0 Å². The van der Waals surface area contributed by atoms with Crippen LogP contribution in [-0.4, -0.2) is 8.07 Å². The van der Waals surface area contributed by atoms with Crippen LogP contribution >= 0.6 is 15.9 Å². The van der Waals surface area contributed by atoms with Gasteiger partial charge in [-0.05, 0) is 40.4 Å². The third kappa shape index (κ3) is 4.56. The molecular weight excluding hydrogens is 415 g/mol. The van der Waals surface area contributed by atoms with E-state index in [4.69, 9.17) is 0 Å². The fraction of sp³-hybridized carbons (Fsp3) is 0.500. The van der Waals surface area contributed by atoms with E-state index in [9.17, 15) is 4.39 Å². The summed E-state index contributed by atoms with van der Waals surface area (Å²) >= 11 is 3.44. The highest BCUT2D eigenvalue weighted by molar-refractivity contribution is 9.10. The van der Waals surface area contributed by atoms with E-state index < -0.39 is 8.07 Å². The van der Waals surface area contributed by atoms with Crippen LogP contribution in [0.4, 0.5) is 4.39 Å². The van der Waals surface area contributed by atoms with Gasteiger partial charge in [0, 0.05) is 10.9 Å². The Labute approximate surface area is 174 Å². The SMILES string of the molecule is CC(C)[Si](C(C)C)(C(C)C)C(C)c1ccc(Cc2cc(Br)ccc2F)cc1. The minimum atomic E-state index is -1.55. The predicted molar refractivity (Wildman–Crippen MR) is 123 cm³/mol. The van der Waals surface area contributed by atoms with E-state index in [1.807, 2.05) is 6.07 Å². The van der Waals surface area contributed by atoms with Crippen molar-refractivity contribution in [3.8, 4) is 0 Å². The lowest BCUT2D eigenvalue weighted by atomic mass is 10.0. The van der Waals surface area contributed by atoms with Crippen molar-refractivity contribution in [1.29, 1.82) is 0 Å². The van der Waals surface area contributed by atoms with Gasteiger partial charge in [0.2, 0.25) is 0 Å². The highest BCUT2D eigenvalue weighted by atomic mass is 79.9. The van der Waals surface area contributed by atoms with E-state index in [1.54, 1.807) is 6.07 Å². The van der Waals surface area contributed by atoms with Gasteiger partial charge < -0.3 is 0 Å². The van der Waals surface area contributed by atoms with Crippen molar-refractivity contribution in [2.45, 2.75) is 77.1 Å². The molecule has 0 aliphatic heterocycles. The maximum atomic E-state index is 14.1. The lowest BCUT2D eigenvalue weighted by Gasteiger charge is -2.48. The van der Waals surface area contributed by atoms with E-state index in [0.29, 0.717) is 12.0 Å². The topological polar surface area (TPSA) is 0 Å². The quantitative estimate of drug-likeness (QED) is 0.372. The lowest BCUT2D eigenvalue weighted by Crippen LogP contribution is -2.49. The molecule has 2 rings (SSSR count). The molecule has 148 valence electrons. The largest absolute Gasteiger partial charge is 0.207 e. The summed E-state index contributed by atoms with van der Waals surface area (Å²) in [6.07, 6.45) is 0.626. The molecule has 1 atom stereocenters. The van der Waals surface area contributed by atoms with Gasteiger partial charge in [0.1, 0.15) is 5.82 Å². The van der Waals surface area contributed by atoms with Crippen LogP contribution in [0.2, 0.25) is 16.6 Å². The first kappa shape index (κ1) is 22.4. The van der Waals surface area contributed by atoms with Gasteiger partial charge in [-0.1, -0.05) is 105 Å². The van der Waals surface area contributed by atoms with E-state index in [1.165, 1.54) is 11.6 Å². The Bertz CT molecular complexity index is 728. The Balaban J connectivity index is 2.31. The zero-order chi connectivity index (χ0) is 20.4. The van der Waals surface area contributed by atoms with Crippen LogP contribution < -0.4 is 0 Å². The Kier molecular flexibility index (Phi) is 7.49. The molecule has 27 heavy (non-hydrogen) atoms. The molecule has 0 N–H and O–H groups in total. The first-order valence-corrected chi connectivity index (χ1v) is 13.2. The van der Waals surface area contributed by atoms with E-state index in [-0.39, 0.29) is 5.82 Å². The monoisotopic (exact) mass is 448 g/mol.